The number of ether oxygens (including phenoxy) is 2. The maximum Gasteiger partial charge on any atom is 0.390 e. The van der Waals surface area contributed by atoms with E-state index in [-0.39, 0.29) is 6.42 Å². The summed E-state index contributed by atoms with van der Waals surface area (Å²) in [6.07, 6.45) is 19.8. The number of esters is 2. The first kappa shape index (κ1) is 25.4. The van der Waals surface area contributed by atoms with Gasteiger partial charge >= 0.3 is 23.7 Å². The molecule has 0 spiro atoms. The second-order valence-electron chi connectivity index (χ2n) is 7.54. The van der Waals surface area contributed by atoms with Gasteiger partial charge in [-0.1, -0.05) is 50.5 Å². The smallest absolute Gasteiger partial charge is 0.390 e. The SMILES string of the molecule is CCCCCCC=C[C@H]1C=CC[C@@H]1CC=C=CCC(OC(C)=O)(OC(C)=O)C(=O)O. The zero-order chi connectivity index (χ0) is 22.4. The van der Waals surface area contributed by atoms with Crippen LogP contribution in [0.25, 0.3) is 0 Å². The lowest BCUT2D eigenvalue weighted by molar-refractivity contribution is -0.233. The van der Waals surface area contributed by atoms with E-state index in [1.165, 1.54) is 31.8 Å². The van der Waals surface area contributed by atoms with Crippen LogP contribution in [0.2, 0.25) is 0 Å². The Kier molecular flexibility index (Phi) is 11.5. The van der Waals surface area contributed by atoms with Crippen molar-refractivity contribution in [1.29, 1.82) is 0 Å². The molecular weight excluding hydrogens is 384 g/mol. The molecule has 0 aromatic heterocycles. The van der Waals surface area contributed by atoms with E-state index in [0.717, 1.165) is 33.1 Å². The summed E-state index contributed by atoms with van der Waals surface area (Å²) in [5.41, 5.74) is 2.93. The number of hydrogen-bond acceptors (Lipinski definition) is 5. The van der Waals surface area contributed by atoms with Gasteiger partial charge in [-0.3, -0.25) is 9.59 Å². The molecule has 0 aliphatic heterocycles. The molecule has 0 radical (unpaired) electrons. The Morgan fingerprint density at radius 1 is 1.13 bits per heavy atom. The highest BCUT2D eigenvalue weighted by Gasteiger charge is 2.45. The predicted octanol–water partition coefficient (Wildman–Crippen LogP) is 5.10. The Balaban J connectivity index is 2.63. The van der Waals surface area contributed by atoms with Gasteiger partial charge in [0, 0.05) is 13.8 Å². The van der Waals surface area contributed by atoms with Crippen molar-refractivity contribution in [2.24, 2.45) is 11.8 Å². The summed E-state index contributed by atoms with van der Waals surface area (Å²) in [5, 5.41) is 9.41. The zero-order valence-corrected chi connectivity index (χ0v) is 18.3. The lowest BCUT2D eigenvalue weighted by atomic mass is 9.91. The number of carbonyl (C=O) groups is 3. The van der Waals surface area contributed by atoms with Crippen molar-refractivity contribution in [2.75, 3.05) is 0 Å². The fourth-order valence-corrected chi connectivity index (χ4v) is 3.38. The summed E-state index contributed by atoms with van der Waals surface area (Å²) in [5.74, 6) is -4.76. The number of aliphatic carboxylic acids is 1. The average Bonchev–Trinajstić information content (AvgIpc) is 3.10. The number of rotatable bonds is 13. The number of unbranched alkanes of at least 4 members (excludes halogenated alkanes) is 4. The van der Waals surface area contributed by atoms with Gasteiger partial charge < -0.3 is 14.6 Å². The summed E-state index contributed by atoms with van der Waals surface area (Å²) < 4.78 is 9.60. The molecule has 6 heteroatoms. The molecular formula is C24H34O6. The maximum absolute atomic E-state index is 11.6. The van der Waals surface area contributed by atoms with Crippen LogP contribution in [-0.2, 0) is 23.9 Å². The molecule has 166 valence electrons. The highest BCUT2D eigenvalue weighted by atomic mass is 16.7. The van der Waals surface area contributed by atoms with Crippen LogP contribution < -0.4 is 0 Å². The molecule has 1 aliphatic carbocycles. The van der Waals surface area contributed by atoms with Crippen LogP contribution in [0.1, 0.15) is 72.1 Å². The average molecular weight is 419 g/mol. The van der Waals surface area contributed by atoms with Crippen molar-refractivity contribution >= 4 is 17.9 Å². The fourth-order valence-electron chi connectivity index (χ4n) is 3.38. The van der Waals surface area contributed by atoms with Gasteiger partial charge in [0.1, 0.15) is 0 Å². The van der Waals surface area contributed by atoms with Crippen molar-refractivity contribution < 1.29 is 29.0 Å². The van der Waals surface area contributed by atoms with Crippen molar-refractivity contribution in [3.05, 3.63) is 42.2 Å². The molecule has 0 unspecified atom stereocenters. The Morgan fingerprint density at radius 2 is 1.83 bits per heavy atom. The molecule has 1 aliphatic rings. The van der Waals surface area contributed by atoms with Gasteiger partial charge in [-0.2, -0.15) is 0 Å². The van der Waals surface area contributed by atoms with E-state index in [1.54, 1.807) is 0 Å². The molecule has 0 bridgehead atoms. The van der Waals surface area contributed by atoms with Crippen molar-refractivity contribution in [3.63, 3.8) is 0 Å². The summed E-state index contributed by atoms with van der Waals surface area (Å²) in [6, 6.07) is 0. The van der Waals surface area contributed by atoms with E-state index in [2.05, 4.69) is 37.0 Å². The Morgan fingerprint density at radius 3 is 2.43 bits per heavy atom. The second-order valence-corrected chi connectivity index (χ2v) is 7.54. The summed E-state index contributed by atoms with van der Waals surface area (Å²) >= 11 is 0. The molecule has 0 fully saturated rings. The highest BCUT2D eigenvalue weighted by molar-refractivity contribution is 5.83. The van der Waals surface area contributed by atoms with Crippen LogP contribution in [0.3, 0.4) is 0 Å². The molecule has 2 atom stereocenters. The van der Waals surface area contributed by atoms with Crippen molar-refractivity contribution in [1.82, 2.24) is 0 Å². The molecule has 0 saturated heterocycles. The number of allylic oxidation sites excluding steroid dienone is 4. The lowest BCUT2D eigenvalue weighted by Crippen LogP contribution is -2.46. The van der Waals surface area contributed by atoms with Gasteiger partial charge in [0.25, 0.3) is 0 Å². The lowest BCUT2D eigenvalue weighted by Gasteiger charge is -2.26. The molecule has 0 aromatic carbocycles. The topological polar surface area (TPSA) is 89.9 Å². The quantitative estimate of drug-likeness (QED) is 0.147. The largest absolute Gasteiger partial charge is 0.475 e. The van der Waals surface area contributed by atoms with Gasteiger partial charge in [-0.05, 0) is 49.7 Å². The Bertz CT molecular complexity index is 680. The van der Waals surface area contributed by atoms with Crippen LogP contribution >= 0.6 is 0 Å². The van der Waals surface area contributed by atoms with Crippen LogP contribution in [0, 0.1) is 11.8 Å². The van der Waals surface area contributed by atoms with Crippen LogP contribution in [0.4, 0.5) is 0 Å². The molecule has 1 N–H and O–H groups in total. The first-order chi connectivity index (χ1) is 14.3. The minimum atomic E-state index is -2.36. The van der Waals surface area contributed by atoms with E-state index >= 15 is 0 Å². The zero-order valence-electron chi connectivity index (χ0n) is 18.3. The van der Waals surface area contributed by atoms with Crippen LogP contribution in [-0.4, -0.2) is 28.8 Å². The standard InChI is InChI=1S/C24H34O6/c1-4-5-6-7-8-10-14-21-16-13-17-22(21)15-11-9-12-18-24(23(27)28,29-19(2)25)30-20(3)26/h10-14,16,21-22H,4-8,15,17-18H2,1-3H3,(H,27,28)/t9?,21-,22-/m0/s1. The third-order valence-corrected chi connectivity index (χ3v) is 4.89. The summed E-state index contributed by atoms with van der Waals surface area (Å²) in [6.45, 7) is 4.33. The second kappa shape index (κ2) is 13.6. The van der Waals surface area contributed by atoms with E-state index in [9.17, 15) is 19.5 Å². The first-order valence-corrected chi connectivity index (χ1v) is 10.7. The third kappa shape index (κ3) is 9.27. The first-order valence-electron chi connectivity index (χ1n) is 10.7. The molecule has 0 heterocycles. The molecule has 1 rings (SSSR count). The maximum atomic E-state index is 11.6. The van der Waals surface area contributed by atoms with E-state index < -0.39 is 23.7 Å². The Labute approximate surface area is 179 Å². The van der Waals surface area contributed by atoms with Crippen molar-refractivity contribution in [3.8, 4) is 0 Å². The molecule has 0 aromatic rings. The van der Waals surface area contributed by atoms with Gasteiger partial charge in [0.2, 0.25) is 0 Å². The van der Waals surface area contributed by atoms with E-state index in [0.29, 0.717) is 11.8 Å². The van der Waals surface area contributed by atoms with Gasteiger partial charge in [-0.15, -0.1) is 5.73 Å². The summed E-state index contributed by atoms with van der Waals surface area (Å²) in [7, 11) is 0. The molecule has 30 heavy (non-hydrogen) atoms. The molecule has 0 amide bonds. The third-order valence-electron chi connectivity index (χ3n) is 4.89. The normalized spacial score (nSPS) is 18.1. The van der Waals surface area contributed by atoms with Crippen molar-refractivity contribution in [2.45, 2.75) is 77.9 Å². The molecule has 6 nitrogen and oxygen atoms in total. The number of carboxylic acid groups (broad SMARTS) is 1. The van der Waals surface area contributed by atoms with Gasteiger partial charge in [0.15, 0.2) is 0 Å². The highest BCUT2D eigenvalue weighted by Crippen LogP contribution is 2.30. The minimum Gasteiger partial charge on any atom is -0.475 e. The fraction of sp³-hybridized carbons (Fsp3) is 0.583. The number of hydrogen-bond donors (Lipinski definition) is 1. The number of carboxylic acids is 1. The Hall–Kier alpha value is -2.59. The van der Waals surface area contributed by atoms with Gasteiger partial charge in [-0.25, -0.2) is 4.79 Å². The monoisotopic (exact) mass is 418 g/mol. The minimum absolute atomic E-state index is 0.317. The van der Waals surface area contributed by atoms with E-state index in [4.69, 9.17) is 9.47 Å². The van der Waals surface area contributed by atoms with Gasteiger partial charge in [0.05, 0.1) is 6.42 Å². The van der Waals surface area contributed by atoms with Crippen LogP contribution in [0.15, 0.2) is 42.2 Å². The summed E-state index contributed by atoms with van der Waals surface area (Å²) in [4.78, 5) is 34.1. The predicted molar refractivity (Wildman–Crippen MR) is 114 cm³/mol. The van der Waals surface area contributed by atoms with E-state index in [1.807, 2.05) is 6.08 Å². The number of carbonyl (C=O) groups excluding carboxylic acids is 2. The van der Waals surface area contributed by atoms with Crippen LogP contribution in [0.5, 0.6) is 0 Å². The molecule has 0 saturated carbocycles.